The summed E-state index contributed by atoms with van der Waals surface area (Å²) in [5, 5.41) is 2.65. The summed E-state index contributed by atoms with van der Waals surface area (Å²) < 4.78 is 0. The molecule has 1 fully saturated rings. The molecule has 4 nitrogen and oxygen atoms in total. The van der Waals surface area contributed by atoms with Gasteiger partial charge in [-0.2, -0.15) is 0 Å². The molecule has 0 saturated carbocycles. The standard InChI is InChI=1S/C12H25N3O/c1-12(10-13)5-8-15(9-6-12)7-3-4-11(16)14-2/h3-10,13H2,1-2H3,(H,14,16). The van der Waals surface area contributed by atoms with Crippen LogP contribution >= 0.6 is 0 Å². The topological polar surface area (TPSA) is 58.4 Å². The summed E-state index contributed by atoms with van der Waals surface area (Å²) in [7, 11) is 1.69. The monoisotopic (exact) mass is 227 g/mol. The average Bonchev–Trinajstić information content (AvgIpc) is 2.31. The van der Waals surface area contributed by atoms with Crippen LogP contribution in [0, 0.1) is 5.41 Å². The van der Waals surface area contributed by atoms with Gasteiger partial charge in [0.15, 0.2) is 0 Å². The van der Waals surface area contributed by atoms with E-state index in [0.717, 1.165) is 32.6 Å². The van der Waals surface area contributed by atoms with Crippen molar-refractivity contribution in [2.75, 3.05) is 33.2 Å². The van der Waals surface area contributed by atoms with Gasteiger partial charge in [0.1, 0.15) is 0 Å². The first-order chi connectivity index (χ1) is 7.59. The Morgan fingerprint density at radius 3 is 2.56 bits per heavy atom. The maximum absolute atomic E-state index is 11.1. The lowest BCUT2D eigenvalue weighted by Gasteiger charge is -2.38. The van der Waals surface area contributed by atoms with E-state index in [2.05, 4.69) is 17.1 Å². The van der Waals surface area contributed by atoms with E-state index in [-0.39, 0.29) is 5.91 Å². The van der Waals surface area contributed by atoms with Crippen LogP contribution in [-0.2, 0) is 4.79 Å². The second-order valence-corrected chi connectivity index (χ2v) is 5.13. The highest BCUT2D eigenvalue weighted by Crippen LogP contribution is 2.29. The number of carbonyl (C=O) groups excluding carboxylic acids is 1. The van der Waals surface area contributed by atoms with E-state index in [1.54, 1.807) is 7.05 Å². The lowest BCUT2D eigenvalue weighted by Crippen LogP contribution is -2.42. The third-order valence-electron chi connectivity index (χ3n) is 3.71. The fraction of sp³-hybridized carbons (Fsp3) is 0.917. The van der Waals surface area contributed by atoms with Crippen LogP contribution < -0.4 is 11.1 Å². The fourth-order valence-electron chi connectivity index (χ4n) is 2.11. The Balaban J connectivity index is 2.15. The molecule has 0 aromatic carbocycles. The third-order valence-corrected chi connectivity index (χ3v) is 3.71. The van der Waals surface area contributed by atoms with Gasteiger partial charge >= 0.3 is 0 Å². The van der Waals surface area contributed by atoms with E-state index < -0.39 is 0 Å². The number of hydrogen-bond acceptors (Lipinski definition) is 3. The molecular formula is C12H25N3O. The molecule has 0 bridgehead atoms. The van der Waals surface area contributed by atoms with Crippen molar-refractivity contribution >= 4 is 5.91 Å². The van der Waals surface area contributed by atoms with Crippen molar-refractivity contribution in [2.45, 2.75) is 32.6 Å². The molecule has 1 heterocycles. The number of nitrogens with zero attached hydrogens (tertiary/aromatic N) is 1. The summed E-state index contributed by atoms with van der Waals surface area (Å²) in [5.41, 5.74) is 6.11. The zero-order valence-electron chi connectivity index (χ0n) is 10.6. The van der Waals surface area contributed by atoms with Crippen molar-refractivity contribution in [1.29, 1.82) is 0 Å². The van der Waals surface area contributed by atoms with Crippen molar-refractivity contribution in [3.8, 4) is 0 Å². The molecule has 16 heavy (non-hydrogen) atoms. The summed E-state index contributed by atoms with van der Waals surface area (Å²) in [6.45, 7) is 6.35. The Hall–Kier alpha value is -0.610. The summed E-state index contributed by atoms with van der Waals surface area (Å²) in [6, 6.07) is 0. The van der Waals surface area contributed by atoms with Crippen LogP contribution in [0.1, 0.15) is 32.6 Å². The Morgan fingerprint density at radius 2 is 2.06 bits per heavy atom. The molecule has 1 saturated heterocycles. The van der Waals surface area contributed by atoms with Gasteiger partial charge in [0, 0.05) is 13.5 Å². The highest BCUT2D eigenvalue weighted by Gasteiger charge is 2.28. The molecule has 1 amide bonds. The number of piperidine rings is 1. The Labute approximate surface area is 98.6 Å². The van der Waals surface area contributed by atoms with Crippen LogP contribution in [0.15, 0.2) is 0 Å². The lowest BCUT2D eigenvalue weighted by molar-refractivity contribution is -0.120. The molecule has 0 aromatic rings. The van der Waals surface area contributed by atoms with Gasteiger partial charge in [0.05, 0.1) is 0 Å². The third kappa shape index (κ3) is 4.10. The van der Waals surface area contributed by atoms with Gasteiger partial charge in [-0.3, -0.25) is 4.79 Å². The van der Waals surface area contributed by atoms with Crippen molar-refractivity contribution in [1.82, 2.24) is 10.2 Å². The van der Waals surface area contributed by atoms with Crippen molar-refractivity contribution in [3.63, 3.8) is 0 Å². The molecule has 1 rings (SSSR count). The highest BCUT2D eigenvalue weighted by atomic mass is 16.1. The van der Waals surface area contributed by atoms with Crippen LogP contribution in [0.25, 0.3) is 0 Å². The second-order valence-electron chi connectivity index (χ2n) is 5.13. The van der Waals surface area contributed by atoms with Gasteiger partial charge in [0.2, 0.25) is 5.91 Å². The van der Waals surface area contributed by atoms with E-state index in [4.69, 9.17) is 5.73 Å². The van der Waals surface area contributed by atoms with Crippen molar-refractivity contribution in [3.05, 3.63) is 0 Å². The molecule has 4 heteroatoms. The molecule has 0 radical (unpaired) electrons. The van der Waals surface area contributed by atoms with Crippen LogP contribution in [0.2, 0.25) is 0 Å². The maximum atomic E-state index is 11.1. The first-order valence-corrected chi connectivity index (χ1v) is 6.23. The summed E-state index contributed by atoms with van der Waals surface area (Å²) in [5.74, 6) is 0.142. The Morgan fingerprint density at radius 1 is 1.44 bits per heavy atom. The van der Waals surface area contributed by atoms with Gasteiger partial charge in [-0.25, -0.2) is 0 Å². The quantitative estimate of drug-likeness (QED) is 0.722. The van der Waals surface area contributed by atoms with Gasteiger partial charge in [-0.1, -0.05) is 6.92 Å². The van der Waals surface area contributed by atoms with Crippen LogP contribution in [0.3, 0.4) is 0 Å². The van der Waals surface area contributed by atoms with Crippen LogP contribution in [0.4, 0.5) is 0 Å². The van der Waals surface area contributed by atoms with Gasteiger partial charge in [-0.15, -0.1) is 0 Å². The molecule has 3 N–H and O–H groups in total. The van der Waals surface area contributed by atoms with Gasteiger partial charge in [0.25, 0.3) is 0 Å². The van der Waals surface area contributed by atoms with Crippen LogP contribution in [0.5, 0.6) is 0 Å². The molecule has 0 aromatic heterocycles. The molecule has 1 aliphatic rings. The van der Waals surface area contributed by atoms with E-state index in [0.29, 0.717) is 11.8 Å². The van der Waals surface area contributed by atoms with Crippen molar-refractivity contribution in [2.24, 2.45) is 11.1 Å². The Kier molecular flexibility index (Phi) is 5.22. The molecule has 0 spiro atoms. The molecule has 1 aliphatic heterocycles. The summed E-state index contributed by atoms with van der Waals surface area (Å²) in [4.78, 5) is 13.5. The Bertz CT molecular complexity index is 222. The number of likely N-dealkylation sites (tertiary alicyclic amines) is 1. The minimum Gasteiger partial charge on any atom is -0.359 e. The number of nitrogens with two attached hydrogens (primary N) is 1. The largest absolute Gasteiger partial charge is 0.359 e. The molecule has 0 aliphatic carbocycles. The van der Waals surface area contributed by atoms with Gasteiger partial charge < -0.3 is 16.0 Å². The maximum Gasteiger partial charge on any atom is 0.219 e. The predicted octanol–water partition coefficient (Wildman–Crippen LogP) is 0.573. The van der Waals surface area contributed by atoms with E-state index >= 15 is 0 Å². The van der Waals surface area contributed by atoms with Gasteiger partial charge in [-0.05, 0) is 50.9 Å². The molecule has 94 valence electrons. The molecule has 0 atom stereocenters. The predicted molar refractivity (Wildman–Crippen MR) is 66.1 cm³/mol. The SMILES string of the molecule is CNC(=O)CCCN1CCC(C)(CN)CC1. The van der Waals surface area contributed by atoms with Crippen LogP contribution in [-0.4, -0.2) is 44.0 Å². The average molecular weight is 227 g/mol. The zero-order valence-corrected chi connectivity index (χ0v) is 10.6. The lowest BCUT2D eigenvalue weighted by atomic mass is 9.80. The second kappa shape index (κ2) is 6.21. The smallest absolute Gasteiger partial charge is 0.219 e. The minimum absolute atomic E-state index is 0.142. The first-order valence-electron chi connectivity index (χ1n) is 6.23. The number of carbonyl (C=O) groups is 1. The zero-order chi connectivity index (χ0) is 12.0. The van der Waals surface area contributed by atoms with E-state index in [9.17, 15) is 4.79 Å². The fourth-order valence-corrected chi connectivity index (χ4v) is 2.11. The molecule has 0 unspecified atom stereocenters. The molecular weight excluding hydrogens is 202 g/mol. The normalized spacial score (nSPS) is 20.7. The summed E-state index contributed by atoms with van der Waals surface area (Å²) in [6.07, 6.45) is 3.97. The van der Waals surface area contributed by atoms with E-state index in [1.165, 1.54) is 12.8 Å². The number of rotatable bonds is 5. The minimum atomic E-state index is 0.142. The highest BCUT2D eigenvalue weighted by molar-refractivity contribution is 5.75. The number of nitrogens with one attached hydrogen (secondary N) is 1. The van der Waals surface area contributed by atoms with E-state index in [1.807, 2.05) is 0 Å². The van der Waals surface area contributed by atoms with Crippen molar-refractivity contribution < 1.29 is 4.79 Å². The first kappa shape index (κ1) is 13.5. The number of amides is 1. The summed E-state index contributed by atoms with van der Waals surface area (Å²) >= 11 is 0. The number of hydrogen-bond donors (Lipinski definition) is 2.